The molecule has 0 aromatic carbocycles. The van der Waals surface area contributed by atoms with Crippen molar-refractivity contribution < 1.29 is 38.0 Å². The van der Waals surface area contributed by atoms with Gasteiger partial charge in [0, 0.05) is 50.0 Å². The van der Waals surface area contributed by atoms with Gasteiger partial charge in [0.1, 0.15) is 5.78 Å². The summed E-state index contributed by atoms with van der Waals surface area (Å²) in [5.74, 6) is 0.837. The number of ketones is 1. The number of likely N-dealkylation sites (tertiary alicyclic amines) is 2. The van der Waals surface area contributed by atoms with Crippen LogP contribution in [0.5, 0.6) is 0 Å². The Morgan fingerprint density at radius 1 is 1.04 bits per heavy atom. The van der Waals surface area contributed by atoms with Crippen LogP contribution in [0.25, 0.3) is 0 Å². The van der Waals surface area contributed by atoms with Crippen LogP contribution in [0.1, 0.15) is 45.4 Å². The molecule has 2 fully saturated rings. The molecule has 0 saturated carbocycles. The molecule has 0 spiro atoms. The first-order valence-electron chi connectivity index (χ1n) is 9.38. The summed E-state index contributed by atoms with van der Waals surface area (Å²) in [6.07, 6.45) is 5.09. The maximum absolute atomic E-state index is 12.1. The summed E-state index contributed by atoms with van der Waals surface area (Å²) in [4.78, 5) is 28.4. The second kappa shape index (κ2) is 12.1. The summed E-state index contributed by atoms with van der Waals surface area (Å²) >= 11 is 0. The average Bonchev–Trinajstić information content (AvgIpc) is 2.64. The van der Waals surface area contributed by atoms with Crippen LogP contribution in [-0.4, -0.2) is 78.6 Å². The number of aliphatic hydroxyl groups is 1. The molecule has 0 atom stereocenters. The second-order valence-electron chi connectivity index (χ2n) is 6.83. The van der Waals surface area contributed by atoms with E-state index in [9.17, 15) is 9.59 Å². The van der Waals surface area contributed by atoms with Gasteiger partial charge in [0.15, 0.2) is 0 Å². The Morgan fingerprint density at radius 3 is 2.24 bits per heavy atom. The molecule has 1 N–H and O–H groups in total. The van der Waals surface area contributed by atoms with Gasteiger partial charge in [0.05, 0.1) is 26.2 Å². The third kappa shape index (κ3) is 7.02. The zero-order chi connectivity index (χ0) is 17.4. The van der Waals surface area contributed by atoms with Gasteiger partial charge in [-0.1, -0.05) is 6.92 Å². The van der Waals surface area contributed by atoms with Crippen LogP contribution in [0.3, 0.4) is 0 Å². The number of ether oxygens (including phenoxy) is 1. The smallest absolute Gasteiger partial charge is 0.224 e. The zero-order valence-electron chi connectivity index (χ0n) is 15.4. The molecule has 0 unspecified atom stereocenters. The van der Waals surface area contributed by atoms with Gasteiger partial charge in [0.25, 0.3) is 0 Å². The van der Waals surface area contributed by atoms with E-state index < -0.39 is 0 Å². The van der Waals surface area contributed by atoms with Crippen molar-refractivity contribution in [3.8, 4) is 0 Å². The minimum Gasteiger partial charge on any atom is -0.394 e. The van der Waals surface area contributed by atoms with Gasteiger partial charge in [-0.3, -0.25) is 9.59 Å². The Hall–Kier alpha value is -0.396. The van der Waals surface area contributed by atoms with E-state index >= 15 is 0 Å². The van der Waals surface area contributed by atoms with Crippen molar-refractivity contribution in [3.63, 3.8) is 0 Å². The molecule has 2 saturated heterocycles. The van der Waals surface area contributed by atoms with E-state index in [1.807, 2.05) is 11.8 Å². The summed E-state index contributed by atoms with van der Waals surface area (Å²) in [6.45, 7) is 6.31. The number of hydrogen-bond donors (Lipinski definition) is 1. The molecule has 1 radical (unpaired) electrons. The molecule has 6 nitrogen and oxygen atoms in total. The fourth-order valence-corrected chi connectivity index (χ4v) is 3.84. The Bertz CT molecular complexity index is 406. The molecule has 0 aromatic rings. The van der Waals surface area contributed by atoms with Gasteiger partial charge in [-0.25, -0.2) is 0 Å². The summed E-state index contributed by atoms with van der Waals surface area (Å²) in [6, 6.07) is 0.553. The summed E-state index contributed by atoms with van der Waals surface area (Å²) in [5, 5.41) is 8.65. The largest absolute Gasteiger partial charge is 0.394 e. The molecule has 0 bridgehead atoms. The predicted molar refractivity (Wildman–Crippen MR) is 91.7 cm³/mol. The third-order valence-corrected chi connectivity index (χ3v) is 5.36. The topological polar surface area (TPSA) is 70.1 Å². The van der Waals surface area contributed by atoms with Gasteiger partial charge < -0.3 is 19.6 Å². The van der Waals surface area contributed by atoms with Gasteiger partial charge in [-0.05, 0) is 38.8 Å². The zero-order valence-corrected chi connectivity index (χ0v) is 16.8. The van der Waals surface area contributed by atoms with Crippen molar-refractivity contribution in [2.45, 2.75) is 51.5 Å². The maximum atomic E-state index is 12.1. The van der Waals surface area contributed by atoms with Gasteiger partial charge in [-0.2, -0.15) is 0 Å². The van der Waals surface area contributed by atoms with E-state index in [1.165, 1.54) is 0 Å². The first-order chi connectivity index (χ1) is 11.7. The predicted octanol–water partition coefficient (Wildman–Crippen LogP) is 1.06. The van der Waals surface area contributed by atoms with E-state index in [0.29, 0.717) is 37.9 Å². The second-order valence-corrected chi connectivity index (χ2v) is 6.83. The average molecular weight is 391 g/mol. The van der Waals surface area contributed by atoms with Crippen molar-refractivity contribution >= 4 is 11.7 Å². The minimum atomic E-state index is 0. The van der Waals surface area contributed by atoms with Crippen LogP contribution in [0.15, 0.2) is 0 Å². The molecule has 143 valence electrons. The number of nitrogens with zero attached hydrogens (tertiary/aromatic N) is 2. The minimum absolute atomic E-state index is 0. The SMILES string of the molecule is CCC(=O)C1CCN(C2CCN(C(=O)CCOCCO)CC2)CC1.[V]. The number of aliphatic hydroxyl groups excluding tert-OH is 1. The number of carbonyl (C=O) groups is 2. The van der Waals surface area contributed by atoms with Crippen LogP contribution >= 0.6 is 0 Å². The first-order valence-corrected chi connectivity index (χ1v) is 9.38. The van der Waals surface area contributed by atoms with Gasteiger partial charge in [-0.15, -0.1) is 0 Å². The van der Waals surface area contributed by atoms with Crippen LogP contribution in [0.2, 0.25) is 0 Å². The Labute approximate surface area is 163 Å². The Kier molecular flexibility index (Phi) is 10.9. The van der Waals surface area contributed by atoms with Crippen LogP contribution in [0.4, 0.5) is 0 Å². The summed E-state index contributed by atoms with van der Waals surface area (Å²) in [5.41, 5.74) is 0. The maximum Gasteiger partial charge on any atom is 0.224 e. The van der Waals surface area contributed by atoms with E-state index in [1.54, 1.807) is 0 Å². The number of amides is 1. The van der Waals surface area contributed by atoms with E-state index in [2.05, 4.69) is 4.90 Å². The van der Waals surface area contributed by atoms with Crippen LogP contribution in [-0.2, 0) is 32.9 Å². The van der Waals surface area contributed by atoms with Gasteiger partial charge >= 0.3 is 0 Å². The summed E-state index contributed by atoms with van der Waals surface area (Å²) in [7, 11) is 0. The molecule has 2 aliphatic heterocycles. The monoisotopic (exact) mass is 391 g/mol. The number of piperidine rings is 2. The Morgan fingerprint density at radius 2 is 1.68 bits per heavy atom. The Balaban J connectivity index is 0.00000312. The molecule has 0 aromatic heterocycles. The fourth-order valence-electron chi connectivity index (χ4n) is 3.84. The third-order valence-electron chi connectivity index (χ3n) is 5.36. The van der Waals surface area contributed by atoms with Gasteiger partial charge in [0.2, 0.25) is 5.91 Å². The van der Waals surface area contributed by atoms with Crippen molar-refractivity contribution in [1.29, 1.82) is 0 Å². The van der Waals surface area contributed by atoms with Crippen molar-refractivity contribution in [2.75, 3.05) is 46.0 Å². The molecular formula is C18H32N2O4V. The fraction of sp³-hybridized carbons (Fsp3) is 0.889. The van der Waals surface area contributed by atoms with Crippen LogP contribution < -0.4 is 0 Å². The first kappa shape index (κ1) is 22.6. The number of rotatable bonds is 8. The van der Waals surface area contributed by atoms with Crippen molar-refractivity contribution in [3.05, 3.63) is 0 Å². The van der Waals surface area contributed by atoms with Crippen LogP contribution in [0, 0.1) is 5.92 Å². The molecule has 0 aliphatic carbocycles. The molecule has 2 rings (SSSR count). The normalized spacial score (nSPS) is 20.3. The molecule has 25 heavy (non-hydrogen) atoms. The van der Waals surface area contributed by atoms with E-state index in [4.69, 9.17) is 9.84 Å². The summed E-state index contributed by atoms with van der Waals surface area (Å²) < 4.78 is 5.17. The molecule has 2 aliphatic rings. The van der Waals surface area contributed by atoms with E-state index in [-0.39, 0.29) is 37.0 Å². The molecule has 1 amide bonds. The van der Waals surface area contributed by atoms with Crippen molar-refractivity contribution in [2.24, 2.45) is 5.92 Å². The quantitative estimate of drug-likeness (QED) is 0.627. The number of carbonyl (C=O) groups excluding carboxylic acids is 2. The van der Waals surface area contributed by atoms with E-state index in [0.717, 1.165) is 51.9 Å². The van der Waals surface area contributed by atoms with Crippen molar-refractivity contribution in [1.82, 2.24) is 9.80 Å². The number of hydrogen-bond acceptors (Lipinski definition) is 5. The number of Topliss-reactive ketones (excluding diaryl/α,β-unsaturated/α-hetero) is 1. The molecule has 2 heterocycles. The molecular weight excluding hydrogens is 359 g/mol. The molecule has 7 heteroatoms. The standard InChI is InChI=1S/C18H32N2O4.V/c1-2-17(22)15-3-8-19(9-4-15)16-5-10-20(11-6-16)18(23)7-13-24-14-12-21;/h15-16,21H,2-14H2,1H3;.